The number of fused-ring (bicyclic) bond motifs is 1. The molecule has 0 bridgehead atoms. The second-order valence-corrected chi connectivity index (χ2v) is 6.24. The van der Waals surface area contributed by atoms with Gasteiger partial charge in [0, 0.05) is 29.9 Å². The second kappa shape index (κ2) is 8.44. The van der Waals surface area contributed by atoms with Crippen LogP contribution in [0.25, 0.3) is 22.6 Å². The number of carbonyl (C=O) groups excluding carboxylic acids is 2. The zero-order valence-electron chi connectivity index (χ0n) is 16.1. The Kier molecular flexibility index (Phi) is 5.95. The van der Waals surface area contributed by atoms with Crippen LogP contribution in [0.3, 0.4) is 0 Å². The summed E-state index contributed by atoms with van der Waals surface area (Å²) in [7, 11) is 0. The largest absolute Gasteiger partial charge is 0.493 e. The van der Waals surface area contributed by atoms with Crippen LogP contribution in [0.5, 0.6) is 0 Å². The van der Waals surface area contributed by atoms with Crippen molar-refractivity contribution >= 4 is 28.7 Å². The van der Waals surface area contributed by atoms with Crippen LogP contribution in [0, 0.1) is 0 Å². The van der Waals surface area contributed by atoms with Gasteiger partial charge in [0.25, 0.3) is 5.91 Å². The fourth-order valence-electron chi connectivity index (χ4n) is 2.81. The minimum atomic E-state index is -5.21. The van der Waals surface area contributed by atoms with E-state index in [1.165, 1.54) is 23.7 Å². The predicted octanol–water partition coefficient (Wildman–Crippen LogP) is 4.09. The highest BCUT2D eigenvalue weighted by Crippen LogP contribution is 2.27. The molecule has 0 radical (unpaired) electrons. The summed E-state index contributed by atoms with van der Waals surface area (Å²) < 4.78 is 42.1. The number of hydroxylamine groups is 1. The van der Waals surface area contributed by atoms with E-state index in [4.69, 9.17) is 4.42 Å². The molecule has 0 atom stereocenters. The number of nitrogens with zero attached hydrogens (tertiary/aromatic N) is 2. The molecule has 30 heavy (non-hydrogen) atoms. The quantitative estimate of drug-likeness (QED) is 0.625. The molecule has 1 amide bonds. The molecule has 0 fully saturated rings. The van der Waals surface area contributed by atoms with Crippen molar-refractivity contribution in [3.8, 4) is 11.5 Å². The standard InChI is InChI=1S/C20H18F3N3O4/c1-3-26(4-2)14-8-5-12(6-9-14)18-24-15-11-13(7-10-16(15)29-18)17(27)25-30-19(28)20(21,22)23/h5-11H,3-4H2,1-2H3,(H,25,27). The Morgan fingerprint density at radius 2 is 1.77 bits per heavy atom. The Morgan fingerprint density at radius 3 is 2.37 bits per heavy atom. The number of hydrogen-bond acceptors (Lipinski definition) is 6. The second-order valence-electron chi connectivity index (χ2n) is 6.24. The van der Waals surface area contributed by atoms with Crippen molar-refractivity contribution in [1.82, 2.24) is 10.5 Å². The summed E-state index contributed by atoms with van der Waals surface area (Å²) in [6.07, 6.45) is -5.21. The maximum atomic E-state index is 12.1. The van der Waals surface area contributed by atoms with E-state index < -0.39 is 18.1 Å². The van der Waals surface area contributed by atoms with Crippen molar-refractivity contribution in [2.24, 2.45) is 0 Å². The highest BCUT2D eigenvalue weighted by molar-refractivity contribution is 5.97. The molecule has 7 nitrogen and oxygen atoms in total. The molecule has 0 aliphatic carbocycles. The van der Waals surface area contributed by atoms with Gasteiger partial charge in [-0.25, -0.2) is 9.78 Å². The normalized spacial score (nSPS) is 11.4. The fraction of sp³-hybridized carbons (Fsp3) is 0.250. The fourth-order valence-corrected chi connectivity index (χ4v) is 2.81. The Balaban J connectivity index is 1.77. The van der Waals surface area contributed by atoms with E-state index in [1.54, 1.807) is 0 Å². The van der Waals surface area contributed by atoms with Gasteiger partial charge < -0.3 is 14.2 Å². The SMILES string of the molecule is CCN(CC)c1ccc(-c2nc3cc(C(=O)NOC(=O)C(F)(F)F)ccc3o2)cc1. The third-order valence-electron chi connectivity index (χ3n) is 4.36. The third kappa shape index (κ3) is 4.53. The Hall–Kier alpha value is -3.56. The number of alkyl halides is 3. The number of carbonyl (C=O) groups is 2. The summed E-state index contributed by atoms with van der Waals surface area (Å²) in [5.41, 5.74) is 3.93. The predicted molar refractivity (Wildman–Crippen MR) is 103 cm³/mol. The minimum absolute atomic E-state index is 0.0470. The first kappa shape index (κ1) is 21.2. The van der Waals surface area contributed by atoms with Crippen LogP contribution in [0.1, 0.15) is 24.2 Å². The van der Waals surface area contributed by atoms with E-state index in [2.05, 4.69) is 28.6 Å². The Bertz CT molecular complexity index is 1060. The number of oxazole rings is 1. The molecule has 158 valence electrons. The van der Waals surface area contributed by atoms with E-state index in [0.29, 0.717) is 17.0 Å². The van der Waals surface area contributed by atoms with Crippen LogP contribution in [0.15, 0.2) is 46.9 Å². The monoisotopic (exact) mass is 421 g/mol. The van der Waals surface area contributed by atoms with Gasteiger partial charge in [-0.3, -0.25) is 4.79 Å². The molecule has 0 spiro atoms. The first-order chi connectivity index (χ1) is 14.2. The van der Waals surface area contributed by atoms with Crippen molar-refractivity contribution in [2.45, 2.75) is 20.0 Å². The van der Waals surface area contributed by atoms with Crippen LogP contribution < -0.4 is 10.4 Å². The van der Waals surface area contributed by atoms with E-state index in [1.807, 2.05) is 24.3 Å². The van der Waals surface area contributed by atoms with E-state index in [0.717, 1.165) is 24.3 Å². The lowest BCUT2D eigenvalue weighted by molar-refractivity contribution is -0.204. The number of nitrogens with one attached hydrogen (secondary N) is 1. The van der Waals surface area contributed by atoms with Crippen LogP contribution in [-0.2, 0) is 9.63 Å². The highest BCUT2D eigenvalue weighted by Gasteiger charge is 2.42. The molecule has 2 aromatic carbocycles. The topological polar surface area (TPSA) is 84.7 Å². The number of benzene rings is 2. The first-order valence-electron chi connectivity index (χ1n) is 9.07. The molecule has 0 unspecified atom stereocenters. The van der Waals surface area contributed by atoms with E-state index in [9.17, 15) is 22.8 Å². The molecule has 10 heteroatoms. The van der Waals surface area contributed by atoms with Crippen molar-refractivity contribution in [3.63, 3.8) is 0 Å². The zero-order chi connectivity index (χ0) is 21.9. The molecule has 0 saturated heterocycles. The number of aromatic nitrogens is 1. The molecule has 3 aromatic rings. The number of amides is 1. The van der Waals surface area contributed by atoms with Gasteiger partial charge >= 0.3 is 12.1 Å². The van der Waals surface area contributed by atoms with Crippen LogP contribution in [0.4, 0.5) is 18.9 Å². The van der Waals surface area contributed by atoms with Gasteiger partial charge in [0.2, 0.25) is 5.89 Å². The maximum Gasteiger partial charge on any atom is 0.493 e. The molecule has 3 rings (SSSR count). The summed E-state index contributed by atoms with van der Waals surface area (Å²) >= 11 is 0. The Labute approximate surface area is 169 Å². The maximum absolute atomic E-state index is 12.1. The molecule has 0 aliphatic heterocycles. The van der Waals surface area contributed by atoms with Crippen LogP contribution in [0.2, 0.25) is 0 Å². The van der Waals surface area contributed by atoms with Gasteiger partial charge in [-0.15, -0.1) is 0 Å². The van der Waals surface area contributed by atoms with Gasteiger partial charge in [-0.2, -0.15) is 18.7 Å². The molecule has 1 heterocycles. The summed E-state index contributed by atoms with van der Waals surface area (Å²) in [6.45, 7) is 5.88. The minimum Gasteiger partial charge on any atom is -0.436 e. The molecule has 0 aliphatic rings. The zero-order valence-corrected chi connectivity index (χ0v) is 16.1. The van der Waals surface area contributed by atoms with E-state index in [-0.39, 0.29) is 5.56 Å². The molecule has 1 aromatic heterocycles. The number of halogens is 3. The van der Waals surface area contributed by atoms with Gasteiger partial charge in [0.1, 0.15) is 5.52 Å². The summed E-state index contributed by atoms with van der Waals surface area (Å²) in [4.78, 5) is 32.9. The third-order valence-corrected chi connectivity index (χ3v) is 4.36. The number of hydrogen-bond donors (Lipinski definition) is 1. The van der Waals surface area contributed by atoms with Gasteiger partial charge in [0.15, 0.2) is 5.58 Å². The number of anilines is 1. The smallest absolute Gasteiger partial charge is 0.436 e. The van der Waals surface area contributed by atoms with Crippen LogP contribution in [-0.4, -0.2) is 36.1 Å². The van der Waals surface area contributed by atoms with Crippen molar-refractivity contribution in [2.75, 3.05) is 18.0 Å². The van der Waals surface area contributed by atoms with Gasteiger partial charge in [-0.05, 0) is 56.3 Å². The summed E-state index contributed by atoms with van der Waals surface area (Å²) in [5, 5.41) is 0. The molecular weight excluding hydrogens is 403 g/mol. The highest BCUT2D eigenvalue weighted by atomic mass is 19.4. The van der Waals surface area contributed by atoms with E-state index >= 15 is 0 Å². The summed E-state index contributed by atoms with van der Waals surface area (Å²) in [6, 6.07) is 11.7. The Morgan fingerprint density at radius 1 is 1.10 bits per heavy atom. The average Bonchev–Trinajstić information content (AvgIpc) is 3.15. The van der Waals surface area contributed by atoms with Crippen LogP contribution >= 0.6 is 0 Å². The summed E-state index contributed by atoms with van der Waals surface area (Å²) in [5.74, 6) is -3.21. The average molecular weight is 421 g/mol. The van der Waals surface area contributed by atoms with Crippen molar-refractivity contribution in [1.29, 1.82) is 0 Å². The van der Waals surface area contributed by atoms with Crippen molar-refractivity contribution in [3.05, 3.63) is 48.0 Å². The first-order valence-corrected chi connectivity index (χ1v) is 9.07. The lowest BCUT2D eigenvalue weighted by Gasteiger charge is -2.20. The lowest BCUT2D eigenvalue weighted by Crippen LogP contribution is -2.34. The van der Waals surface area contributed by atoms with Gasteiger partial charge in [-0.1, -0.05) is 0 Å². The lowest BCUT2D eigenvalue weighted by atomic mass is 10.2. The molecular formula is C20H18F3N3O4. The van der Waals surface area contributed by atoms with Crippen molar-refractivity contribution < 1.29 is 32.0 Å². The number of rotatable bonds is 5. The molecule has 0 saturated carbocycles. The van der Waals surface area contributed by atoms with Gasteiger partial charge in [0.05, 0.1) is 0 Å². The molecule has 1 N–H and O–H groups in total.